The summed E-state index contributed by atoms with van der Waals surface area (Å²) in [5, 5.41) is 10.6. The zero-order valence-corrected chi connectivity index (χ0v) is 17.0. The van der Waals surface area contributed by atoms with Crippen LogP contribution in [-0.4, -0.2) is 22.8 Å². The average Bonchev–Trinajstić information content (AvgIpc) is 2.73. The number of hydrogen-bond acceptors (Lipinski definition) is 3. The van der Waals surface area contributed by atoms with Crippen LogP contribution in [0.15, 0.2) is 78.9 Å². The Morgan fingerprint density at radius 2 is 1.48 bits per heavy atom. The Morgan fingerprint density at radius 1 is 0.862 bits per heavy atom. The van der Waals surface area contributed by atoms with Gasteiger partial charge in [0.25, 0.3) is 0 Å². The molecule has 3 aromatic carbocycles. The van der Waals surface area contributed by atoms with Crippen LogP contribution in [0.5, 0.6) is 0 Å². The molecule has 0 fully saturated rings. The van der Waals surface area contributed by atoms with Crippen molar-refractivity contribution in [3.05, 3.63) is 106 Å². The van der Waals surface area contributed by atoms with E-state index in [0.717, 1.165) is 11.1 Å². The third kappa shape index (κ3) is 5.41. The van der Waals surface area contributed by atoms with Crippen molar-refractivity contribution in [2.24, 2.45) is 0 Å². The van der Waals surface area contributed by atoms with Crippen LogP contribution in [0.3, 0.4) is 0 Å². The lowest BCUT2D eigenvalue weighted by Gasteiger charge is -2.19. The molecule has 0 bridgehead atoms. The molecule has 148 valence electrons. The molecule has 0 saturated carbocycles. The molecule has 3 nitrogen and oxygen atoms in total. The number of carbonyl (C=O) groups is 2. The second-order valence-corrected chi connectivity index (χ2v) is 7.57. The Balaban J connectivity index is 1.68. The summed E-state index contributed by atoms with van der Waals surface area (Å²) in [5.74, 6) is -0.359. The summed E-state index contributed by atoms with van der Waals surface area (Å²) in [6.45, 7) is 1.70. The summed E-state index contributed by atoms with van der Waals surface area (Å²) in [4.78, 5) is 25.2. The predicted molar refractivity (Wildman–Crippen MR) is 116 cm³/mol. The molecule has 3 rings (SSSR count). The minimum absolute atomic E-state index is 0.0382. The van der Waals surface area contributed by atoms with Crippen LogP contribution in [0.25, 0.3) is 0 Å². The van der Waals surface area contributed by atoms with Gasteiger partial charge in [-0.25, -0.2) is 0 Å². The molecule has 1 N–H and O–H groups in total. The van der Waals surface area contributed by atoms with E-state index in [2.05, 4.69) is 0 Å². The summed E-state index contributed by atoms with van der Waals surface area (Å²) in [6, 6.07) is 23.6. The number of carbonyl (C=O) groups excluding carboxylic acids is 2. The monoisotopic (exact) mass is 406 g/mol. The van der Waals surface area contributed by atoms with Crippen molar-refractivity contribution in [3.63, 3.8) is 0 Å². The molecule has 0 spiro atoms. The minimum Gasteiger partial charge on any atom is -0.393 e. The third-order valence-electron chi connectivity index (χ3n) is 5.03. The van der Waals surface area contributed by atoms with Crippen molar-refractivity contribution in [2.45, 2.75) is 31.8 Å². The summed E-state index contributed by atoms with van der Waals surface area (Å²) < 4.78 is 0. The van der Waals surface area contributed by atoms with Gasteiger partial charge >= 0.3 is 0 Å². The molecular formula is C25H23ClO3. The normalized spacial score (nSPS) is 12.9. The van der Waals surface area contributed by atoms with Crippen molar-refractivity contribution in [1.29, 1.82) is 0 Å². The number of benzene rings is 3. The first kappa shape index (κ1) is 21.0. The largest absolute Gasteiger partial charge is 0.393 e. The number of rotatable bonds is 8. The van der Waals surface area contributed by atoms with Gasteiger partial charge in [-0.3, -0.25) is 9.59 Å². The van der Waals surface area contributed by atoms with Gasteiger partial charge in [-0.2, -0.15) is 0 Å². The second-order valence-electron chi connectivity index (χ2n) is 7.16. The van der Waals surface area contributed by atoms with E-state index in [1.807, 2.05) is 30.3 Å². The summed E-state index contributed by atoms with van der Waals surface area (Å²) in [7, 11) is 0. The zero-order chi connectivity index (χ0) is 20.8. The highest BCUT2D eigenvalue weighted by Crippen LogP contribution is 2.26. The van der Waals surface area contributed by atoms with Crippen LogP contribution < -0.4 is 0 Å². The molecular weight excluding hydrogens is 384 g/mol. The minimum atomic E-state index is -0.631. The Labute approximate surface area is 176 Å². The van der Waals surface area contributed by atoms with E-state index in [9.17, 15) is 14.7 Å². The SMILES string of the molecule is CC(O)C(CC(=O)c1ccc(CC(=O)c2ccccc2Cl)cc1)c1ccccc1. The van der Waals surface area contributed by atoms with E-state index in [4.69, 9.17) is 11.6 Å². The molecule has 4 heteroatoms. The van der Waals surface area contributed by atoms with E-state index in [1.54, 1.807) is 55.5 Å². The van der Waals surface area contributed by atoms with E-state index in [1.165, 1.54) is 0 Å². The predicted octanol–water partition coefficient (Wildman–Crippen LogP) is 5.50. The maximum atomic E-state index is 12.7. The number of halogens is 1. The first-order valence-corrected chi connectivity index (χ1v) is 9.96. The molecule has 0 radical (unpaired) electrons. The molecule has 2 atom stereocenters. The fourth-order valence-electron chi connectivity index (χ4n) is 3.36. The van der Waals surface area contributed by atoms with Crippen molar-refractivity contribution >= 4 is 23.2 Å². The fraction of sp³-hybridized carbons (Fsp3) is 0.200. The lowest BCUT2D eigenvalue weighted by atomic mass is 9.87. The Bertz CT molecular complexity index is 978. The lowest BCUT2D eigenvalue weighted by molar-refractivity contribution is 0.0921. The Morgan fingerprint density at radius 3 is 2.10 bits per heavy atom. The van der Waals surface area contributed by atoms with Crippen molar-refractivity contribution in [3.8, 4) is 0 Å². The molecule has 3 aromatic rings. The second kappa shape index (κ2) is 9.64. The maximum Gasteiger partial charge on any atom is 0.168 e. The standard InChI is InChI=1S/C25H23ClO3/c1-17(27)22(19-7-3-2-4-8-19)16-24(28)20-13-11-18(12-14-20)15-25(29)21-9-5-6-10-23(21)26/h2-14,17,22,27H,15-16H2,1H3. The van der Waals surface area contributed by atoms with Crippen LogP contribution in [-0.2, 0) is 6.42 Å². The molecule has 2 unspecified atom stereocenters. The fourth-order valence-corrected chi connectivity index (χ4v) is 3.60. The van der Waals surface area contributed by atoms with E-state index in [-0.39, 0.29) is 30.3 Å². The van der Waals surface area contributed by atoms with Gasteiger partial charge in [-0.15, -0.1) is 0 Å². The highest BCUT2D eigenvalue weighted by molar-refractivity contribution is 6.34. The highest BCUT2D eigenvalue weighted by Gasteiger charge is 2.21. The first-order valence-electron chi connectivity index (χ1n) is 9.58. The number of Topliss-reactive ketones (excluding diaryl/α,β-unsaturated/α-hetero) is 2. The third-order valence-corrected chi connectivity index (χ3v) is 5.36. The van der Waals surface area contributed by atoms with Crippen LogP contribution in [0.2, 0.25) is 5.02 Å². The van der Waals surface area contributed by atoms with Crippen LogP contribution in [0, 0.1) is 0 Å². The lowest BCUT2D eigenvalue weighted by Crippen LogP contribution is -2.18. The smallest absolute Gasteiger partial charge is 0.168 e. The van der Waals surface area contributed by atoms with Gasteiger partial charge < -0.3 is 5.11 Å². The van der Waals surface area contributed by atoms with Crippen LogP contribution in [0.4, 0.5) is 0 Å². The highest BCUT2D eigenvalue weighted by atomic mass is 35.5. The summed E-state index contributed by atoms with van der Waals surface area (Å²) in [6.07, 6.45) is -0.188. The van der Waals surface area contributed by atoms with Crippen molar-refractivity contribution < 1.29 is 14.7 Å². The van der Waals surface area contributed by atoms with Gasteiger partial charge in [0.05, 0.1) is 11.1 Å². The molecule has 0 saturated heterocycles. The number of hydrogen-bond donors (Lipinski definition) is 1. The van der Waals surface area contributed by atoms with Gasteiger partial charge in [0.15, 0.2) is 11.6 Å². The number of aliphatic hydroxyl groups is 1. The zero-order valence-electron chi connectivity index (χ0n) is 16.2. The molecule has 0 aliphatic rings. The van der Waals surface area contributed by atoms with Gasteiger partial charge in [0, 0.05) is 29.9 Å². The average molecular weight is 407 g/mol. The van der Waals surface area contributed by atoms with E-state index in [0.29, 0.717) is 16.1 Å². The van der Waals surface area contributed by atoms with Crippen LogP contribution >= 0.6 is 11.6 Å². The molecule has 29 heavy (non-hydrogen) atoms. The number of aliphatic hydroxyl groups excluding tert-OH is 1. The molecule has 0 aliphatic heterocycles. The van der Waals surface area contributed by atoms with Gasteiger partial charge in [-0.1, -0.05) is 78.3 Å². The van der Waals surface area contributed by atoms with Gasteiger partial charge in [-0.05, 0) is 30.2 Å². The Hall–Kier alpha value is -2.75. The molecule has 0 heterocycles. The summed E-state index contributed by atoms with van der Waals surface area (Å²) in [5.41, 5.74) is 2.83. The van der Waals surface area contributed by atoms with Crippen molar-refractivity contribution in [2.75, 3.05) is 0 Å². The van der Waals surface area contributed by atoms with Crippen molar-refractivity contribution in [1.82, 2.24) is 0 Å². The molecule has 0 aliphatic carbocycles. The molecule has 0 aromatic heterocycles. The first-order chi connectivity index (χ1) is 14.0. The van der Waals surface area contributed by atoms with Gasteiger partial charge in [0.1, 0.15) is 0 Å². The topological polar surface area (TPSA) is 54.4 Å². The Kier molecular flexibility index (Phi) is 6.97. The maximum absolute atomic E-state index is 12.7. The number of ketones is 2. The quantitative estimate of drug-likeness (QED) is 0.502. The van der Waals surface area contributed by atoms with Gasteiger partial charge in [0.2, 0.25) is 0 Å². The molecule has 0 amide bonds. The summed E-state index contributed by atoms with van der Waals surface area (Å²) >= 11 is 6.09. The van der Waals surface area contributed by atoms with E-state index >= 15 is 0 Å². The van der Waals surface area contributed by atoms with E-state index < -0.39 is 6.10 Å². The van der Waals surface area contributed by atoms with Crippen LogP contribution in [0.1, 0.15) is 51.1 Å².